The van der Waals surface area contributed by atoms with Gasteiger partial charge in [-0.15, -0.1) is 0 Å². The Hall–Kier alpha value is -2.27. The van der Waals surface area contributed by atoms with Gasteiger partial charge in [-0.2, -0.15) is 0 Å². The van der Waals surface area contributed by atoms with Crippen molar-refractivity contribution in [2.75, 3.05) is 6.54 Å². The standard InChI is InChI=1S/C20H24N2O2S/c1-14-10-11-16(17(12-14)25-15-8-6-5-7-9-15)19(24)21-13-18(23)22-20(2,3)4/h5-12H,13H2,1-4H3,(H,21,24)(H,22,23). The summed E-state index contributed by atoms with van der Waals surface area (Å²) < 4.78 is 0. The highest BCUT2D eigenvalue weighted by molar-refractivity contribution is 7.99. The molecule has 0 bridgehead atoms. The molecule has 0 aliphatic carbocycles. The molecule has 2 aromatic carbocycles. The van der Waals surface area contributed by atoms with Gasteiger partial charge in [0.15, 0.2) is 0 Å². The van der Waals surface area contributed by atoms with Crippen LogP contribution in [0.5, 0.6) is 0 Å². The lowest BCUT2D eigenvalue weighted by Crippen LogP contribution is -2.45. The van der Waals surface area contributed by atoms with E-state index >= 15 is 0 Å². The van der Waals surface area contributed by atoms with Gasteiger partial charge in [0.1, 0.15) is 0 Å². The average molecular weight is 356 g/mol. The predicted molar refractivity (Wildman–Crippen MR) is 102 cm³/mol. The molecule has 0 unspecified atom stereocenters. The van der Waals surface area contributed by atoms with E-state index in [-0.39, 0.29) is 23.9 Å². The van der Waals surface area contributed by atoms with Gasteiger partial charge in [0.05, 0.1) is 12.1 Å². The van der Waals surface area contributed by atoms with Crippen LogP contribution in [0.15, 0.2) is 58.3 Å². The maximum atomic E-state index is 12.5. The van der Waals surface area contributed by atoms with Crippen molar-refractivity contribution in [3.63, 3.8) is 0 Å². The second-order valence-corrected chi connectivity index (χ2v) is 8.01. The maximum absolute atomic E-state index is 12.5. The summed E-state index contributed by atoms with van der Waals surface area (Å²) in [5, 5.41) is 5.53. The molecule has 0 saturated heterocycles. The first-order valence-corrected chi connectivity index (χ1v) is 8.99. The van der Waals surface area contributed by atoms with Crippen LogP contribution >= 0.6 is 11.8 Å². The highest BCUT2D eigenvalue weighted by Crippen LogP contribution is 2.31. The summed E-state index contributed by atoms with van der Waals surface area (Å²) in [5.74, 6) is -0.451. The number of hydrogen-bond donors (Lipinski definition) is 2. The molecule has 2 rings (SSSR count). The van der Waals surface area contributed by atoms with Crippen molar-refractivity contribution in [3.8, 4) is 0 Å². The zero-order chi connectivity index (χ0) is 18.4. The number of benzene rings is 2. The highest BCUT2D eigenvalue weighted by Gasteiger charge is 2.16. The Balaban J connectivity index is 2.10. The summed E-state index contributed by atoms with van der Waals surface area (Å²) in [6.45, 7) is 7.66. The molecule has 2 N–H and O–H groups in total. The SMILES string of the molecule is Cc1ccc(C(=O)NCC(=O)NC(C)(C)C)c(Sc2ccccc2)c1. The van der Waals surface area contributed by atoms with E-state index < -0.39 is 0 Å². The van der Waals surface area contributed by atoms with Crippen LogP contribution in [0.1, 0.15) is 36.7 Å². The van der Waals surface area contributed by atoms with Gasteiger partial charge in [-0.05, 0) is 57.5 Å². The average Bonchev–Trinajstić information content (AvgIpc) is 2.52. The van der Waals surface area contributed by atoms with Crippen LogP contribution in [0, 0.1) is 6.92 Å². The lowest BCUT2D eigenvalue weighted by Gasteiger charge is -2.20. The molecule has 2 amide bonds. The zero-order valence-electron chi connectivity index (χ0n) is 15.1. The molecule has 25 heavy (non-hydrogen) atoms. The van der Waals surface area contributed by atoms with Crippen LogP contribution in [0.2, 0.25) is 0 Å². The lowest BCUT2D eigenvalue weighted by molar-refractivity contribution is -0.121. The van der Waals surface area contributed by atoms with Crippen LogP contribution < -0.4 is 10.6 Å². The van der Waals surface area contributed by atoms with Crippen molar-refractivity contribution in [1.29, 1.82) is 0 Å². The molecule has 0 radical (unpaired) electrons. The fraction of sp³-hybridized carbons (Fsp3) is 0.300. The van der Waals surface area contributed by atoms with E-state index in [1.165, 1.54) is 11.8 Å². The number of aryl methyl sites for hydroxylation is 1. The molecule has 0 spiro atoms. The van der Waals surface area contributed by atoms with E-state index in [1.54, 1.807) is 6.07 Å². The topological polar surface area (TPSA) is 58.2 Å². The van der Waals surface area contributed by atoms with E-state index in [1.807, 2.05) is 70.2 Å². The third kappa shape index (κ3) is 6.27. The molecule has 132 valence electrons. The van der Waals surface area contributed by atoms with E-state index in [9.17, 15) is 9.59 Å². The van der Waals surface area contributed by atoms with Crippen molar-refractivity contribution in [3.05, 3.63) is 59.7 Å². The van der Waals surface area contributed by atoms with Crippen LogP contribution in [-0.2, 0) is 4.79 Å². The van der Waals surface area contributed by atoms with Crippen molar-refractivity contribution >= 4 is 23.6 Å². The van der Waals surface area contributed by atoms with Crippen molar-refractivity contribution in [2.24, 2.45) is 0 Å². The number of rotatable bonds is 5. The summed E-state index contributed by atoms with van der Waals surface area (Å²) in [6.07, 6.45) is 0. The lowest BCUT2D eigenvalue weighted by atomic mass is 10.1. The normalized spacial score (nSPS) is 11.0. The molecule has 0 aliphatic heterocycles. The van der Waals surface area contributed by atoms with Crippen LogP contribution in [0.25, 0.3) is 0 Å². The smallest absolute Gasteiger partial charge is 0.252 e. The predicted octanol–water partition coefficient (Wildman–Crippen LogP) is 3.79. The molecule has 5 heteroatoms. The van der Waals surface area contributed by atoms with Gasteiger partial charge in [0, 0.05) is 15.3 Å². The van der Waals surface area contributed by atoms with Gasteiger partial charge in [0.2, 0.25) is 5.91 Å². The van der Waals surface area contributed by atoms with Crippen molar-refractivity contribution < 1.29 is 9.59 Å². The minimum atomic E-state index is -0.319. The van der Waals surface area contributed by atoms with Crippen molar-refractivity contribution in [2.45, 2.75) is 43.0 Å². The van der Waals surface area contributed by atoms with Crippen molar-refractivity contribution in [1.82, 2.24) is 10.6 Å². The summed E-state index contributed by atoms with van der Waals surface area (Å²) in [4.78, 5) is 26.4. The number of carbonyl (C=O) groups excluding carboxylic acids is 2. The maximum Gasteiger partial charge on any atom is 0.252 e. The molecule has 0 saturated carbocycles. The third-order valence-electron chi connectivity index (χ3n) is 3.28. The first kappa shape index (κ1) is 19.1. The molecule has 0 aliphatic rings. The van der Waals surface area contributed by atoms with E-state index in [4.69, 9.17) is 0 Å². The van der Waals surface area contributed by atoms with Crippen LogP contribution in [-0.4, -0.2) is 23.9 Å². The van der Waals surface area contributed by atoms with Gasteiger partial charge in [-0.3, -0.25) is 9.59 Å². The first-order chi connectivity index (χ1) is 11.7. The third-order valence-corrected chi connectivity index (χ3v) is 4.34. The second-order valence-electron chi connectivity index (χ2n) is 6.90. The molecule has 0 heterocycles. The van der Waals surface area contributed by atoms with Gasteiger partial charge < -0.3 is 10.6 Å². The van der Waals surface area contributed by atoms with Gasteiger partial charge in [-0.25, -0.2) is 0 Å². The Labute approximate surface area is 153 Å². The Morgan fingerprint density at radius 1 is 1.04 bits per heavy atom. The number of hydrogen-bond acceptors (Lipinski definition) is 3. The molecule has 2 aromatic rings. The monoisotopic (exact) mass is 356 g/mol. The largest absolute Gasteiger partial charge is 0.350 e. The second kappa shape index (κ2) is 8.21. The van der Waals surface area contributed by atoms with Gasteiger partial charge in [0.25, 0.3) is 5.91 Å². The fourth-order valence-electron chi connectivity index (χ4n) is 2.24. The quantitative estimate of drug-likeness (QED) is 0.857. The zero-order valence-corrected chi connectivity index (χ0v) is 15.9. The van der Waals surface area contributed by atoms with Crippen LogP contribution in [0.3, 0.4) is 0 Å². The van der Waals surface area contributed by atoms with E-state index in [2.05, 4.69) is 10.6 Å². The highest BCUT2D eigenvalue weighted by atomic mass is 32.2. The van der Waals surface area contributed by atoms with Gasteiger partial charge >= 0.3 is 0 Å². The number of carbonyl (C=O) groups is 2. The molecule has 0 fully saturated rings. The van der Waals surface area contributed by atoms with Gasteiger partial charge in [-0.1, -0.05) is 36.0 Å². The minimum Gasteiger partial charge on any atom is -0.350 e. The molecular weight excluding hydrogens is 332 g/mol. The summed E-state index contributed by atoms with van der Waals surface area (Å²) in [7, 11) is 0. The molecule has 4 nitrogen and oxygen atoms in total. The van der Waals surface area contributed by atoms with E-state index in [0.29, 0.717) is 5.56 Å². The Kier molecular flexibility index (Phi) is 6.26. The van der Waals surface area contributed by atoms with Crippen LogP contribution in [0.4, 0.5) is 0 Å². The Bertz CT molecular complexity index is 752. The summed E-state index contributed by atoms with van der Waals surface area (Å²) in [5.41, 5.74) is 1.34. The molecule has 0 aromatic heterocycles. The first-order valence-electron chi connectivity index (χ1n) is 8.17. The fourth-order valence-corrected chi connectivity index (χ4v) is 3.30. The Morgan fingerprint density at radius 2 is 1.72 bits per heavy atom. The molecular formula is C20H24N2O2S. The number of amides is 2. The summed E-state index contributed by atoms with van der Waals surface area (Å²) in [6, 6.07) is 15.6. The number of nitrogens with one attached hydrogen (secondary N) is 2. The Morgan fingerprint density at radius 3 is 2.36 bits per heavy atom. The van der Waals surface area contributed by atoms with E-state index in [0.717, 1.165) is 15.4 Å². The molecule has 0 atom stereocenters. The summed E-state index contributed by atoms with van der Waals surface area (Å²) >= 11 is 1.54. The minimum absolute atomic E-state index is 0.0422.